The molecule has 0 amide bonds. The molecule has 0 unspecified atom stereocenters. The predicted molar refractivity (Wildman–Crippen MR) is 64.5 cm³/mol. The monoisotopic (exact) mass is 252 g/mol. The van der Waals surface area contributed by atoms with Crippen molar-refractivity contribution in [3.8, 4) is 11.8 Å². The van der Waals surface area contributed by atoms with Crippen molar-refractivity contribution in [2.75, 3.05) is 0 Å². The molecule has 2 aromatic heterocycles. The van der Waals surface area contributed by atoms with E-state index in [0.717, 1.165) is 11.3 Å². The van der Waals surface area contributed by atoms with Gasteiger partial charge in [-0.1, -0.05) is 11.6 Å². The van der Waals surface area contributed by atoms with Gasteiger partial charge in [0.25, 0.3) is 0 Å². The standard InChI is InChI=1S/C11H13ClN4O/c1-6-5-9(16(4)15-6)17-11-7(2)10(12)13-8(3)14-11/h5H,1-4H3. The fraction of sp³-hybridized carbons (Fsp3) is 0.364. The van der Waals surface area contributed by atoms with Gasteiger partial charge in [0.1, 0.15) is 11.0 Å². The van der Waals surface area contributed by atoms with Crippen molar-refractivity contribution in [1.82, 2.24) is 19.7 Å². The Balaban J connectivity index is 2.39. The van der Waals surface area contributed by atoms with E-state index in [4.69, 9.17) is 16.3 Å². The smallest absolute Gasteiger partial charge is 0.229 e. The number of ether oxygens (including phenoxy) is 1. The third-order valence-electron chi connectivity index (χ3n) is 2.31. The van der Waals surface area contributed by atoms with Crippen LogP contribution >= 0.6 is 11.6 Å². The van der Waals surface area contributed by atoms with Gasteiger partial charge in [0.05, 0.1) is 5.69 Å². The zero-order chi connectivity index (χ0) is 12.6. The Morgan fingerprint density at radius 3 is 2.53 bits per heavy atom. The van der Waals surface area contributed by atoms with Gasteiger partial charge in [-0.2, -0.15) is 10.1 Å². The highest BCUT2D eigenvalue weighted by Gasteiger charge is 2.12. The second-order valence-electron chi connectivity index (χ2n) is 3.84. The van der Waals surface area contributed by atoms with E-state index in [0.29, 0.717) is 22.7 Å². The molecule has 0 aliphatic carbocycles. The zero-order valence-electron chi connectivity index (χ0n) is 10.2. The number of hydrogen-bond acceptors (Lipinski definition) is 4. The van der Waals surface area contributed by atoms with Crippen LogP contribution in [-0.4, -0.2) is 19.7 Å². The molecule has 0 aliphatic rings. The predicted octanol–water partition coefficient (Wildman–Crippen LogP) is 2.58. The molecule has 5 nitrogen and oxygen atoms in total. The molecule has 0 saturated carbocycles. The average molecular weight is 253 g/mol. The van der Waals surface area contributed by atoms with Gasteiger partial charge in [-0.15, -0.1) is 0 Å². The van der Waals surface area contributed by atoms with E-state index < -0.39 is 0 Å². The first-order valence-corrected chi connectivity index (χ1v) is 5.54. The molecular weight excluding hydrogens is 240 g/mol. The summed E-state index contributed by atoms with van der Waals surface area (Å²) in [7, 11) is 1.81. The van der Waals surface area contributed by atoms with Gasteiger partial charge in [0.15, 0.2) is 0 Å². The van der Waals surface area contributed by atoms with E-state index in [9.17, 15) is 0 Å². The van der Waals surface area contributed by atoms with Crippen molar-refractivity contribution >= 4 is 11.6 Å². The van der Waals surface area contributed by atoms with E-state index in [2.05, 4.69) is 15.1 Å². The molecule has 0 atom stereocenters. The van der Waals surface area contributed by atoms with Crippen LogP contribution in [-0.2, 0) is 7.05 Å². The number of hydrogen-bond donors (Lipinski definition) is 0. The molecule has 0 N–H and O–H groups in total. The van der Waals surface area contributed by atoms with E-state index in [1.165, 1.54) is 0 Å². The van der Waals surface area contributed by atoms with Crippen LogP contribution < -0.4 is 4.74 Å². The minimum absolute atomic E-state index is 0.409. The fourth-order valence-electron chi connectivity index (χ4n) is 1.45. The summed E-state index contributed by atoms with van der Waals surface area (Å²) in [5.74, 6) is 1.67. The maximum Gasteiger partial charge on any atom is 0.229 e. The topological polar surface area (TPSA) is 52.8 Å². The summed E-state index contributed by atoms with van der Waals surface area (Å²) < 4.78 is 7.34. The van der Waals surface area contributed by atoms with E-state index in [-0.39, 0.29) is 0 Å². The highest BCUT2D eigenvalue weighted by Crippen LogP contribution is 2.26. The molecule has 0 bridgehead atoms. The lowest BCUT2D eigenvalue weighted by Crippen LogP contribution is -2.00. The normalized spacial score (nSPS) is 10.6. The van der Waals surface area contributed by atoms with Gasteiger partial charge < -0.3 is 4.74 Å². The number of rotatable bonds is 2. The molecule has 0 fully saturated rings. The Bertz CT molecular complexity index is 565. The van der Waals surface area contributed by atoms with Gasteiger partial charge in [0, 0.05) is 18.7 Å². The molecule has 90 valence electrons. The number of halogens is 1. The third-order valence-corrected chi connectivity index (χ3v) is 2.68. The molecular formula is C11H13ClN4O. The molecule has 2 heterocycles. The minimum Gasteiger partial charge on any atom is -0.421 e. The quantitative estimate of drug-likeness (QED) is 0.771. The average Bonchev–Trinajstić information content (AvgIpc) is 2.53. The summed E-state index contributed by atoms with van der Waals surface area (Å²) in [5.41, 5.74) is 1.60. The molecule has 0 spiro atoms. The first kappa shape index (κ1) is 11.9. The summed E-state index contributed by atoms with van der Waals surface area (Å²) in [6.45, 7) is 5.49. The van der Waals surface area contributed by atoms with Crippen LogP contribution in [0.4, 0.5) is 0 Å². The van der Waals surface area contributed by atoms with Crippen LogP contribution in [0.1, 0.15) is 17.1 Å². The molecule has 17 heavy (non-hydrogen) atoms. The van der Waals surface area contributed by atoms with Crippen molar-refractivity contribution in [3.05, 3.63) is 28.3 Å². The minimum atomic E-state index is 0.409. The first-order chi connectivity index (χ1) is 7.97. The lowest BCUT2D eigenvalue weighted by Gasteiger charge is -2.08. The molecule has 0 saturated heterocycles. The Labute approximate surface area is 104 Å². The molecule has 0 aliphatic heterocycles. The van der Waals surface area contributed by atoms with Gasteiger partial charge >= 0.3 is 0 Å². The van der Waals surface area contributed by atoms with Crippen LogP contribution in [0.15, 0.2) is 6.07 Å². The van der Waals surface area contributed by atoms with Crippen molar-refractivity contribution in [1.29, 1.82) is 0 Å². The Morgan fingerprint density at radius 1 is 1.24 bits per heavy atom. The number of aromatic nitrogens is 4. The zero-order valence-corrected chi connectivity index (χ0v) is 10.9. The summed E-state index contributed by atoms with van der Waals surface area (Å²) in [5, 5.41) is 4.61. The Kier molecular flexibility index (Phi) is 3.02. The highest BCUT2D eigenvalue weighted by atomic mass is 35.5. The Hall–Kier alpha value is -1.62. The molecule has 2 rings (SSSR count). The van der Waals surface area contributed by atoms with Crippen molar-refractivity contribution in [2.45, 2.75) is 20.8 Å². The Morgan fingerprint density at radius 2 is 1.94 bits per heavy atom. The third kappa shape index (κ3) is 2.39. The molecule has 6 heteroatoms. The fourth-order valence-corrected chi connectivity index (χ4v) is 1.65. The number of aryl methyl sites for hydroxylation is 3. The largest absolute Gasteiger partial charge is 0.421 e. The van der Waals surface area contributed by atoms with Gasteiger partial charge in [-0.05, 0) is 20.8 Å². The van der Waals surface area contributed by atoms with E-state index in [1.54, 1.807) is 11.6 Å². The van der Waals surface area contributed by atoms with Gasteiger partial charge in [-0.25, -0.2) is 9.67 Å². The molecule has 2 aromatic rings. The first-order valence-electron chi connectivity index (χ1n) is 5.16. The number of nitrogens with zero attached hydrogens (tertiary/aromatic N) is 4. The van der Waals surface area contributed by atoms with Crippen LogP contribution in [0.25, 0.3) is 0 Å². The lowest BCUT2D eigenvalue weighted by atomic mass is 10.3. The lowest BCUT2D eigenvalue weighted by molar-refractivity contribution is 0.410. The van der Waals surface area contributed by atoms with Crippen LogP contribution in [0.3, 0.4) is 0 Å². The van der Waals surface area contributed by atoms with E-state index in [1.807, 2.05) is 27.0 Å². The van der Waals surface area contributed by atoms with Gasteiger partial charge in [-0.3, -0.25) is 0 Å². The van der Waals surface area contributed by atoms with Crippen molar-refractivity contribution in [2.24, 2.45) is 7.05 Å². The molecule has 0 radical (unpaired) electrons. The SMILES string of the molecule is Cc1cc(Oc2nc(C)nc(Cl)c2C)n(C)n1. The second-order valence-corrected chi connectivity index (χ2v) is 4.20. The summed E-state index contributed by atoms with van der Waals surface area (Å²) in [6.07, 6.45) is 0. The van der Waals surface area contributed by atoms with Crippen molar-refractivity contribution < 1.29 is 4.74 Å². The second kappa shape index (κ2) is 4.33. The maximum atomic E-state index is 5.98. The maximum absolute atomic E-state index is 5.98. The molecule has 0 aromatic carbocycles. The summed E-state index contributed by atoms with van der Waals surface area (Å²) in [4.78, 5) is 8.28. The van der Waals surface area contributed by atoms with Crippen LogP contribution in [0.2, 0.25) is 5.15 Å². The highest BCUT2D eigenvalue weighted by molar-refractivity contribution is 6.30. The van der Waals surface area contributed by atoms with Gasteiger partial charge in [0.2, 0.25) is 11.8 Å². The van der Waals surface area contributed by atoms with Crippen LogP contribution in [0, 0.1) is 20.8 Å². The van der Waals surface area contributed by atoms with Crippen LogP contribution in [0.5, 0.6) is 11.8 Å². The summed E-state index contributed by atoms with van der Waals surface area (Å²) >= 11 is 5.98. The van der Waals surface area contributed by atoms with Crippen molar-refractivity contribution in [3.63, 3.8) is 0 Å². The summed E-state index contributed by atoms with van der Waals surface area (Å²) in [6, 6.07) is 1.84. The van der Waals surface area contributed by atoms with E-state index >= 15 is 0 Å².